The van der Waals surface area contributed by atoms with E-state index in [1.54, 1.807) is 4.57 Å². The van der Waals surface area contributed by atoms with E-state index in [4.69, 9.17) is 11.5 Å². The number of nitrogens with zero attached hydrogens (tertiary/aromatic N) is 3. The van der Waals surface area contributed by atoms with Crippen LogP contribution < -0.4 is 11.5 Å². The van der Waals surface area contributed by atoms with Gasteiger partial charge >= 0.3 is 0 Å². The number of nitrogens with two attached hydrogens (primary N) is 2. The van der Waals surface area contributed by atoms with Gasteiger partial charge in [0.05, 0.1) is 11.0 Å². The fraction of sp³-hybridized carbons (Fsp3) is 0.231. The molecule has 0 aliphatic carbocycles. The summed E-state index contributed by atoms with van der Waals surface area (Å²) < 4.78 is 1.74. The summed E-state index contributed by atoms with van der Waals surface area (Å²) in [6.45, 7) is 1.16. The van der Waals surface area contributed by atoms with Crippen LogP contribution in [0.3, 0.4) is 0 Å². The summed E-state index contributed by atoms with van der Waals surface area (Å²) in [4.78, 5) is 8.41. The molecule has 0 unspecified atom stereocenters. The van der Waals surface area contributed by atoms with Crippen molar-refractivity contribution in [2.45, 2.75) is 13.0 Å². The molecule has 0 aliphatic heterocycles. The van der Waals surface area contributed by atoms with Gasteiger partial charge in [-0.1, -0.05) is 18.2 Å². The van der Waals surface area contributed by atoms with Gasteiger partial charge in [-0.25, -0.2) is 4.98 Å². The van der Waals surface area contributed by atoms with E-state index in [2.05, 4.69) is 9.97 Å². The molecular weight excluding hydrogens is 242 g/mol. The summed E-state index contributed by atoms with van der Waals surface area (Å²) in [6, 6.07) is 7.62. The number of benzene rings is 1. The molecule has 3 rings (SSSR count). The van der Waals surface area contributed by atoms with Gasteiger partial charge in [0.2, 0.25) is 0 Å². The highest BCUT2D eigenvalue weighted by Gasteiger charge is 2.16. The van der Waals surface area contributed by atoms with Gasteiger partial charge in [0.25, 0.3) is 6.01 Å². The maximum atomic E-state index is 9.97. The van der Waals surface area contributed by atoms with Crippen molar-refractivity contribution in [2.24, 2.45) is 5.73 Å². The predicted molar refractivity (Wildman–Crippen MR) is 74.8 cm³/mol. The zero-order valence-electron chi connectivity index (χ0n) is 10.4. The first-order valence-corrected chi connectivity index (χ1v) is 6.16. The highest BCUT2D eigenvalue weighted by atomic mass is 16.3. The Labute approximate surface area is 109 Å². The van der Waals surface area contributed by atoms with Crippen molar-refractivity contribution in [2.75, 3.05) is 12.3 Å². The van der Waals surface area contributed by atoms with Crippen molar-refractivity contribution < 1.29 is 5.11 Å². The second-order valence-corrected chi connectivity index (χ2v) is 4.42. The van der Waals surface area contributed by atoms with Crippen molar-refractivity contribution in [1.29, 1.82) is 0 Å². The Morgan fingerprint density at radius 3 is 2.79 bits per heavy atom. The van der Waals surface area contributed by atoms with E-state index < -0.39 is 0 Å². The quantitative estimate of drug-likeness (QED) is 0.654. The van der Waals surface area contributed by atoms with Crippen molar-refractivity contribution in [3.05, 3.63) is 24.3 Å². The van der Waals surface area contributed by atoms with E-state index in [1.165, 1.54) is 0 Å². The number of para-hydroxylation sites is 1. The number of hydrogen-bond acceptors (Lipinski definition) is 5. The molecule has 0 amide bonds. The number of fused-ring (bicyclic) bond motifs is 3. The maximum Gasteiger partial charge on any atom is 0.294 e. The minimum absolute atomic E-state index is 0.0479. The lowest BCUT2D eigenvalue weighted by Crippen LogP contribution is -2.05. The predicted octanol–water partition coefficient (Wildman–Crippen LogP) is 1.22. The molecule has 6 heteroatoms. The van der Waals surface area contributed by atoms with Crippen LogP contribution in [0.15, 0.2) is 24.3 Å². The second kappa shape index (κ2) is 4.40. The summed E-state index contributed by atoms with van der Waals surface area (Å²) in [7, 11) is 0. The molecule has 0 radical (unpaired) electrons. The van der Waals surface area contributed by atoms with Crippen molar-refractivity contribution in [3.63, 3.8) is 0 Å². The number of aryl methyl sites for hydroxylation is 1. The molecule has 0 saturated carbocycles. The van der Waals surface area contributed by atoms with Crippen LogP contribution in [0.25, 0.3) is 21.9 Å². The lowest BCUT2D eigenvalue weighted by molar-refractivity contribution is 0.400. The standard InChI is InChI=1S/C13H15N5O/c14-6-3-7-18-11-8-4-1-2-5-9(8)16-12(15)10(11)17-13(18)19/h1-2,4-5H,3,6-7,14H2,(H2,15,16)(H,17,19). The minimum Gasteiger partial charge on any atom is -0.480 e. The average molecular weight is 257 g/mol. The molecule has 0 aliphatic rings. The summed E-state index contributed by atoms with van der Waals surface area (Å²) >= 11 is 0. The van der Waals surface area contributed by atoms with Gasteiger partial charge in [-0.05, 0) is 19.0 Å². The number of imidazole rings is 1. The third-order valence-electron chi connectivity index (χ3n) is 3.18. The summed E-state index contributed by atoms with van der Waals surface area (Å²) in [5.74, 6) is 0.329. The highest BCUT2D eigenvalue weighted by Crippen LogP contribution is 2.30. The smallest absolute Gasteiger partial charge is 0.294 e. The number of hydrogen-bond donors (Lipinski definition) is 3. The number of pyridine rings is 1. The van der Waals surface area contributed by atoms with Gasteiger partial charge in [-0.3, -0.25) is 4.57 Å². The van der Waals surface area contributed by atoms with Crippen LogP contribution in [0.4, 0.5) is 5.82 Å². The van der Waals surface area contributed by atoms with Crippen LogP contribution in [0.5, 0.6) is 6.01 Å². The van der Waals surface area contributed by atoms with Gasteiger partial charge < -0.3 is 16.6 Å². The van der Waals surface area contributed by atoms with Crippen molar-refractivity contribution in [1.82, 2.24) is 14.5 Å². The van der Waals surface area contributed by atoms with E-state index in [1.807, 2.05) is 24.3 Å². The molecule has 98 valence electrons. The summed E-state index contributed by atoms with van der Waals surface area (Å²) in [5, 5.41) is 10.9. The van der Waals surface area contributed by atoms with Crippen molar-refractivity contribution >= 4 is 27.8 Å². The summed E-state index contributed by atoms with van der Waals surface area (Å²) in [6.07, 6.45) is 0.759. The second-order valence-electron chi connectivity index (χ2n) is 4.42. The lowest BCUT2D eigenvalue weighted by Gasteiger charge is -2.07. The Kier molecular flexibility index (Phi) is 2.72. The zero-order valence-corrected chi connectivity index (χ0v) is 10.4. The van der Waals surface area contributed by atoms with Crippen LogP contribution >= 0.6 is 0 Å². The van der Waals surface area contributed by atoms with Crippen LogP contribution in [0, 0.1) is 0 Å². The Bertz CT molecular complexity index is 749. The van der Waals surface area contributed by atoms with Crippen LogP contribution in [-0.2, 0) is 6.54 Å². The molecule has 19 heavy (non-hydrogen) atoms. The van der Waals surface area contributed by atoms with Crippen molar-refractivity contribution in [3.8, 4) is 6.01 Å². The normalized spacial score (nSPS) is 11.4. The van der Waals surface area contributed by atoms with Crippen LogP contribution in [-0.4, -0.2) is 26.2 Å². The highest BCUT2D eigenvalue weighted by molar-refractivity contribution is 6.06. The monoisotopic (exact) mass is 257 g/mol. The first-order chi connectivity index (χ1) is 9.22. The molecule has 0 saturated heterocycles. The largest absolute Gasteiger partial charge is 0.480 e. The molecular formula is C13H15N5O. The van der Waals surface area contributed by atoms with E-state index in [0.717, 1.165) is 22.8 Å². The third-order valence-corrected chi connectivity index (χ3v) is 3.18. The van der Waals surface area contributed by atoms with E-state index in [0.29, 0.717) is 24.4 Å². The molecule has 2 heterocycles. The molecule has 3 aromatic rings. The average Bonchev–Trinajstić information content (AvgIpc) is 2.74. The molecule has 0 spiro atoms. The minimum atomic E-state index is -0.0479. The number of nitrogen functional groups attached to an aromatic ring is 1. The SMILES string of the molecule is NCCCn1c(O)nc2c(N)nc3ccccc3c21. The van der Waals surface area contributed by atoms with Gasteiger partial charge in [0.15, 0.2) is 5.82 Å². The number of aromatic nitrogens is 3. The molecule has 0 bridgehead atoms. The lowest BCUT2D eigenvalue weighted by atomic mass is 10.2. The number of anilines is 1. The van der Waals surface area contributed by atoms with E-state index >= 15 is 0 Å². The van der Waals surface area contributed by atoms with Gasteiger partial charge in [-0.15, -0.1) is 0 Å². The molecule has 1 aromatic carbocycles. The van der Waals surface area contributed by atoms with E-state index in [-0.39, 0.29) is 6.01 Å². The number of rotatable bonds is 3. The number of aromatic hydroxyl groups is 1. The van der Waals surface area contributed by atoms with Gasteiger partial charge in [0.1, 0.15) is 5.52 Å². The zero-order chi connectivity index (χ0) is 13.4. The molecule has 2 aromatic heterocycles. The van der Waals surface area contributed by atoms with Crippen LogP contribution in [0.1, 0.15) is 6.42 Å². The Morgan fingerprint density at radius 2 is 2.00 bits per heavy atom. The maximum absolute atomic E-state index is 9.97. The third kappa shape index (κ3) is 1.77. The molecule has 0 fully saturated rings. The molecule has 6 nitrogen and oxygen atoms in total. The van der Waals surface area contributed by atoms with Crippen LogP contribution in [0.2, 0.25) is 0 Å². The fourth-order valence-corrected chi connectivity index (χ4v) is 2.31. The fourth-order valence-electron chi connectivity index (χ4n) is 2.31. The molecule has 5 N–H and O–H groups in total. The van der Waals surface area contributed by atoms with E-state index in [9.17, 15) is 5.11 Å². The Hall–Kier alpha value is -2.34. The Morgan fingerprint density at radius 1 is 1.21 bits per heavy atom. The summed E-state index contributed by atoms with van der Waals surface area (Å²) in [5.41, 5.74) is 13.6. The first-order valence-electron chi connectivity index (χ1n) is 6.16. The Balaban J connectivity index is 2.39. The van der Waals surface area contributed by atoms with Gasteiger partial charge in [-0.2, -0.15) is 4.98 Å². The van der Waals surface area contributed by atoms with Gasteiger partial charge in [0, 0.05) is 11.9 Å². The first kappa shape index (κ1) is 11.7. The molecule has 0 atom stereocenters. The topological polar surface area (TPSA) is 103 Å².